The topological polar surface area (TPSA) is 21.7 Å². The number of ether oxygens (including phenoxy) is 2. The summed E-state index contributed by atoms with van der Waals surface area (Å²) in [5.74, 6) is 0. The molecular weight excluding hydrogens is 190 g/mol. The lowest BCUT2D eigenvalue weighted by atomic mass is 10.2. The van der Waals surface area contributed by atoms with E-state index in [2.05, 4.69) is 29.2 Å². The van der Waals surface area contributed by atoms with Crippen LogP contribution in [0.1, 0.15) is 5.56 Å². The SMILES string of the molecule is COC1CN(Cc2ccccc2)CCO1. The van der Waals surface area contributed by atoms with E-state index in [0.29, 0.717) is 0 Å². The molecule has 3 heteroatoms. The highest BCUT2D eigenvalue weighted by atomic mass is 16.7. The molecule has 1 fully saturated rings. The fourth-order valence-electron chi connectivity index (χ4n) is 1.80. The second-order valence-corrected chi connectivity index (χ2v) is 3.76. The van der Waals surface area contributed by atoms with Gasteiger partial charge in [-0.2, -0.15) is 0 Å². The van der Waals surface area contributed by atoms with Crippen molar-refractivity contribution in [2.75, 3.05) is 26.8 Å². The van der Waals surface area contributed by atoms with Crippen molar-refractivity contribution in [3.63, 3.8) is 0 Å². The van der Waals surface area contributed by atoms with Crippen molar-refractivity contribution in [2.24, 2.45) is 0 Å². The lowest BCUT2D eigenvalue weighted by Gasteiger charge is -2.31. The zero-order chi connectivity index (χ0) is 10.5. The summed E-state index contributed by atoms with van der Waals surface area (Å²) in [5.41, 5.74) is 1.34. The van der Waals surface area contributed by atoms with Crippen LogP contribution in [-0.4, -0.2) is 38.0 Å². The number of morpholine rings is 1. The van der Waals surface area contributed by atoms with E-state index in [9.17, 15) is 0 Å². The normalized spacial score (nSPS) is 22.9. The molecule has 0 saturated carbocycles. The highest BCUT2D eigenvalue weighted by molar-refractivity contribution is 5.14. The van der Waals surface area contributed by atoms with E-state index in [1.807, 2.05) is 6.07 Å². The van der Waals surface area contributed by atoms with Crippen molar-refractivity contribution in [1.82, 2.24) is 4.90 Å². The number of rotatable bonds is 3. The van der Waals surface area contributed by atoms with E-state index < -0.39 is 0 Å². The summed E-state index contributed by atoms with van der Waals surface area (Å²) in [7, 11) is 1.69. The van der Waals surface area contributed by atoms with Gasteiger partial charge in [0.1, 0.15) is 0 Å². The molecular formula is C12H17NO2. The van der Waals surface area contributed by atoms with Gasteiger partial charge in [0.2, 0.25) is 0 Å². The molecule has 1 unspecified atom stereocenters. The predicted molar refractivity (Wildman–Crippen MR) is 58.5 cm³/mol. The fraction of sp³-hybridized carbons (Fsp3) is 0.500. The molecule has 0 N–H and O–H groups in total. The number of benzene rings is 1. The first-order chi connectivity index (χ1) is 7.38. The summed E-state index contributed by atoms with van der Waals surface area (Å²) in [6, 6.07) is 10.5. The summed E-state index contributed by atoms with van der Waals surface area (Å²) in [6.07, 6.45) is -0.0672. The highest BCUT2D eigenvalue weighted by Gasteiger charge is 2.19. The molecule has 1 aliphatic heterocycles. The lowest BCUT2D eigenvalue weighted by Crippen LogP contribution is -2.42. The summed E-state index contributed by atoms with van der Waals surface area (Å²) < 4.78 is 10.6. The molecule has 1 heterocycles. The third-order valence-corrected chi connectivity index (χ3v) is 2.63. The fourth-order valence-corrected chi connectivity index (χ4v) is 1.80. The van der Waals surface area contributed by atoms with Crippen molar-refractivity contribution in [2.45, 2.75) is 12.8 Å². The Hall–Kier alpha value is -0.900. The smallest absolute Gasteiger partial charge is 0.169 e. The number of nitrogens with zero attached hydrogens (tertiary/aromatic N) is 1. The molecule has 1 aromatic carbocycles. The van der Waals surface area contributed by atoms with Gasteiger partial charge >= 0.3 is 0 Å². The number of hydrogen-bond acceptors (Lipinski definition) is 3. The van der Waals surface area contributed by atoms with E-state index in [4.69, 9.17) is 9.47 Å². The van der Waals surface area contributed by atoms with Gasteiger partial charge < -0.3 is 9.47 Å². The minimum atomic E-state index is -0.0672. The van der Waals surface area contributed by atoms with E-state index in [0.717, 1.165) is 26.2 Å². The van der Waals surface area contributed by atoms with E-state index in [1.165, 1.54) is 5.56 Å². The van der Waals surface area contributed by atoms with Crippen LogP contribution in [0.4, 0.5) is 0 Å². The molecule has 1 aromatic rings. The highest BCUT2D eigenvalue weighted by Crippen LogP contribution is 2.10. The molecule has 0 amide bonds. The van der Waals surface area contributed by atoms with E-state index in [1.54, 1.807) is 7.11 Å². The Bertz CT molecular complexity index is 289. The molecule has 82 valence electrons. The van der Waals surface area contributed by atoms with Crippen molar-refractivity contribution in [3.05, 3.63) is 35.9 Å². The summed E-state index contributed by atoms with van der Waals surface area (Å²) >= 11 is 0. The Labute approximate surface area is 90.6 Å². The standard InChI is InChI=1S/C12H17NO2/c1-14-12-10-13(7-8-15-12)9-11-5-3-2-4-6-11/h2-6,12H,7-10H2,1H3. The monoisotopic (exact) mass is 207 g/mol. The zero-order valence-corrected chi connectivity index (χ0v) is 9.06. The third kappa shape index (κ3) is 3.02. The van der Waals surface area contributed by atoms with Crippen molar-refractivity contribution < 1.29 is 9.47 Å². The first-order valence-electron chi connectivity index (χ1n) is 5.29. The molecule has 1 aliphatic rings. The maximum Gasteiger partial charge on any atom is 0.169 e. The average Bonchev–Trinajstić information content (AvgIpc) is 2.31. The molecule has 2 rings (SSSR count). The molecule has 0 radical (unpaired) electrons. The van der Waals surface area contributed by atoms with Crippen LogP contribution in [0.2, 0.25) is 0 Å². The van der Waals surface area contributed by atoms with Gasteiger partial charge in [0.05, 0.1) is 6.61 Å². The van der Waals surface area contributed by atoms with Crippen LogP contribution < -0.4 is 0 Å². The second kappa shape index (κ2) is 5.26. The van der Waals surface area contributed by atoms with Gasteiger partial charge in [0, 0.05) is 26.7 Å². The van der Waals surface area contributed by atoms with Crippen molar-refractivity contribution >= 4 is 0 Å². The first kappa shape index (κ1) is 10.6. The largest absolute Gasteiger partial charge is 0.355 e. The Morgan fingerprint density at radius 1 is 1.40 bits per heavy atom. The van der Waals surface area contributed by atoms with Crippen molar-refractivity contribution in [3.8, 4) is 0 Å². The van der Waals surface area contributed by atoms with Crippen LogP contribution in [0.15, 0.2) is 30.3 Å². The number of hydrogen-bond donors (Lipinski definition) is 0. The van der Waals surface area contributed by atoms with Gasteiger partial charge in [-0.3, -0.25) is 4.90 Å². The van der Waals surface area contributed by atoms with Gasteiger partial charge in [-0.1, -0.05) is 30.3 Å². The number of methoxy groups -OCH3 is 1. The molecule has 0 bridgehead atoms. The minimum absolute atomic E-state index is 0.0672. The van der Waals surface area contributed by atoms with E-state index >= 15 is 0 Å². The van der Waals surface area contributed by atoms with Gasteiger partial charge in [-0.15, -0.1) is 0 Å². The predicted octanol–water partition coefficient (Wildman–Crippen LogP) is 1.49. The second-order valence-electron chi connectivity index (χ2n) is 3.76. The zero-order valence-electron chi connectivity index (χ0n) is 9.06. The molecule has 0 spiro atoms. The van der Waals surface area contributed by atoms with Crippen LogP contribution in [0.3, 0.4) is 0 Å². The molecule has 15 heavy (non-hydrogen) atoms. The molecule has 0 aromatic heterocycles. The summed E-state index contributed by atoms with van der Waals surface area (Å²) in [5, 5.41) is 0. The van der Waals surface area contributed by atoms with E-state index in [-0.39, 0.29) is 6.29 Å². The maximum absolute atomic E-state index is 5.43. The van der Waals surface area contributed by atoms with Crippen molar-refractivity contribution in [1.29, 1.82) is 0 Å². The first-order valence-corrected chi connectivity index (χ1v) is 5.29. The Morgan fingerprint density at radius 2 is 2.20 bits per heavy atom. The molecule has 3 nitrogen and oxygen atoms in total. The quantitative estimate of drug-likeness (QED) is 0.749. The Morgan fingerprint density at radius 3 is 2.93 bits per heavy atom. The van der Waals surface area contributed by atoms with Crippen LogP contribution >= 0.6 is 0 Å². The average molecular weight is 207 g/mol. The van der Waals surface area contributed by atoms with Gasteiger partial charge in [-0.05, 0) is 5.56 Å². The molecule has 0 aliphatic carbocycles. The van der Waals surface area contributed by atoms with Gasteiger partial charge in [0.25, 0.3) is 0 Å². The van der Waals surface area contributed by atoms with Crippen LogP contribution in [0.25, 0.3) is 0 Å². The Kier molecular flexibility index (Phi) is 3.72. The summed E-state index contributed by atoms with van der Waals surface area (Å²) in [4.78, 5) is 2.35. The third-order valence-electron chi connectivity index (χ3n) is 2.63. The Balaban J connectivity index is 1.89. The maximum atomic E-state index is 5.43. The summed E-state index contributed by atoms with van der Waals surface area (Å²) in [6.45, 7) is 3.57. The lowest BCUT2D eigenvalue weighted by molar-refractivity contribution is -0.166. The van der Waals surface area contributed by atoms with Crippen LogP contribution in [-0.2, 0) is 16.0 Å². The molecule has 1 atom stereocenters. The van der Waals surface area contributed by atoms with Gasteiger partial charge in [-0.25, -0.2) is 0 Å². The van der Waals surface area contributed by atoms with Crippen LogP contribution in [0.5, 0.6) is 0 Å². The molecule has 1 saturated heterocycles. The van der Waals surface area contributed by atoms with Gasteiger partial charge in [0.15, 0.2) is 6.29 Å². The minimum Gasteiger partial charge on any atom is -0.355 e. The van der Waals surface area contributed by atoms with Crippen LogP contribution in [0, 0.1) is 0 Å².